The number of likely N-dealkylation sites (N-methyl/N-ethyl adjacent to an activating group) is 1. The number of nitrogen functional groups attached to an aromatic ring is 1. The van der Waals surface area contributed by atoms with Crippen LogP contribution in [0, 0.1) is 0 Å². The van der Waals surface area contributed by atoms with Crippen LogP contribution in [0.25, 0.3) is 21.9 Å². The summed E-state index contributed by atoms with van der Waals surface area (Å²) in [5.74, 6) is 1.76. The maximum Gasteiger partial charge on any atom is 0.222 e. The fraction of sp³-hybridized carbons (Fsp3) is 0.625. The SMILES string of the molecule is CCCc1nc2c(N)nc3ccccc3c2n1CCCCN(C)CCCOCCC(=O)NCCCCC(NC)C(C)=O. The highest BCUT2D eigenvalue weighted by Gasteiger charge is 2.17. The third kappa shape index (κ3) is 10.0. The van der Waals surface area contributed by atoms with Crippen LogP contribution in [0.2, 0.25) is 0 Å². The smallest absolute Gasteiger partial charge is 0.222 e. The molecule has 1 unspecified atom stereocenters. The van der Waals surface area contributed by atoms with E-state index in [0.29, 0.717) is 32.0 Å². The molecule has 0 aliphatic rings. The number of Topliss-reactive ketones (excluding diaryl/α,β-unsaturated/α-hetero) is 1. The van der Waals surface area contributed by atoms with Crippen molar-refractivity contribution in [3.63, 3.8) is 0 Å². The quantitative estimate of drug-likeness (QED) is 0.161. The maximum atomic E-state index is 12.0. The first-order valence-corrected chi connectivity index (χ1v) is 15.6. The monoisotopic (exact) mass is 581 g/mol. The van der Waals surface area contributed by atoms with Gasteiger partial charge in [0.1, 0.15) is 17.1 Å². The normalized spacial score (nSPS) is 12.4. The third-order valence-corrected chi connectivity index (χ3v) is 7.72. The maximum absolute atomic E-state index is 12.0. The minimum absolute atomic E-state index is 0.0172. The molecule has 0 bridgehead atoms. The van der Waals surface area contributed by atoms with Gasteiger partial charge in [0.25, 0.3) is 0 Å². The lowest BCUT2D eigenvalue weighted by atomic mass is 10.1. The fourth-order valence-electron chi connectivity index (χ4n) is 5.37. The number of carbonyl (C=O) groups is 2. The van der Waals surface area contributed by atoms with Gasteiger partial charge in [-0.2, -0.15) is 0 Å². The van der Waals surface area contributed by atoms with Crippen LogP contribution in [0.15, 0.2) is 24.3 Å². The highest BCUT2D eigenvalue weighted by atomic mass is 16.5. The first-order valence-electron chi connectivity index (χ1n) is 15.6. The van der Waals surface area contributed by atoms with Crippen molar-refractivity contribution in [2.75, 3.05) is 52.7 Å². The molecule has 0 saturated heterocycles. The Hall–Kier alpha value is -3.08. The Morgan fingerprint density at radius 1 is 1.07 bits per heavy atom. The molecule has 0 fully saturated rings. The molecule has 1 amide bonds. The Morgan fingerprint density at radius 2 is 1.86 bits per heavy atom. The van der Waals surface area contributed by atoms with E-state index in [0.717, 1.165) is 98.8 Å². The molecule has 2 aromatic heterocycles. The number of unbranched alkanes of at least 4 members (excludes halogenated alkanes) is 2. The minimum atomic E-state index is -0.0886. The number of imidazole rings is 1. The van der Waals surface area contributed by atoms with Gasteiger partial charge in [0.2, 0.25) is 5.91 Å². The van der Waals surface area contributed by atoms with Gasteiger partial charge in [-0.3, -0.25) is 9.59 Å². The molecule has 10 heteroatoms. The summed E-state index contributed by atoms with van der Waals surface area (Å²) in [6, 6.07) is 8.08. The number of anilines is 1. The van der Waals surface area contributed by atoms with Crippen molar-refractivity contribution in [1.29, 1.82) is 0 Å². The van der Waals surface area contributed by atoms with Crippen LogP contribution in [-0.4, -0.2) is 84.1 Å². The highest BCUT2D eigenvalue weighted by molar-refractivity contribution is 6.06. The van der Waals surface area contributed by atoms with Crippen molar-refractivity contribution in [1.82, 2.24) is 30.1 Å². The van der Waals surface area contributed by atoms with Gasteiger partial charge in [-0.15, -0.1) is 0 Å². The number of nitrogens with one attached hydrogen (secondary N) is 2. The molecular formula is C32H51N7O3. The average molecular weight is 582 g/mol. The van der Waals surface area contributed by atoms with E-state index in [1.807, 2.05) is 18.2 Å². The standard InChI is InChI=1S/C32H51N7O3/c1-5-13-28-37-30-31(25-14-6-7-16-27(25)36-32(30)33)39(28)21-11-10-19-38(4)20-12-22-42-23-17-29(41)35-18-9-8-15-26(34-3)24(2)40/h6-7,14,16,26,34H,5,8-13,15,17-23H2,1-4H3,(H2,33,36)(H,35,41). The van der Waals surface area contributed by atoms with Crippen LogP contribution in [0.4, 0.5) is 5.82 Å². The van der Waals surface area contributed by atoms with E-state index in [9.17, 15) is 9.59 Å². The zero-order valence-corrected chi connectivity index (χ0v) is 26.1. The molecule has 0 spiro atoms. The second-order valence-electron chi connectivity index (χ2n) is 11.2. The molecule has 1 aromatic carbocycles. The first kappa shape index (κ1) is 33.4. The van der Waals surface area contributed by atoms with E-state index >= 15 is 0 Å². The number of nitrogens with zero attached hydrogens (tertiary/aromatic N) is 4. The van der Waals surface area contributed by atoms with Gasteiger partial charge in [0.05, 0.1) is 23.7 Å². The summed E-state index contributed by atoms with van der Waals surface area (Å²) in [5, 5.41) is 7.07. The second kappa shape index (κ2) is 17.8. The summed E-state index contributed by atoms with van der Waals surface area (Å²) < 4.78 is 8.05. The van der Waals surface area contributed by atoms with Gasteiger partial charge in [-0.05, 0) is 78.6 Å². The van der Waals surface area contributed by atoms with Crippen LogP contribution in [0.1, 0.15) is 71.0 Å². The van der Waals surface area contributed by atoms with Crippen molar-refractivity contribution in [3.8, 4) is 0 Å². The topological polar surface area (TPSA) is 127 Å². The zero-order valence-electron chi connectivity index (χ0n) is 26.1. The van der Waals surface area contributed by atoms with Gasteiger partial charge >= 0.3 is 0 Å². The molecule has 3 aromatic rings. The molecular weight excluding hydrogens is 530 g/mol. The summed E-state index contributed by atoms with van der Waals surface area (Å²) >= 11 is 0. The highest BCUT2D eigenvalue weighted by Crippen LogP contribution is 2.29. The molecule has 4 N–H and O–H groups in total. The number of hydrogen-bond acceptors (Lipinski definition) is 8. The molecule has 0 aliphatic carbocycles. The van der Waals surface area contributed by atoms with E-state index < -0.39 is 0 Å². The number of fused-ring (bicyclic) bond motifs is 3. The predicted octanol–water partition coefficient (Wildman–Crippen LogP) is 4.09. The van der Waals surface area contributed by atoms with Crippen LogP contribution in [-0.2, 0) is 27.3 Å². The Morgan fingerprint density at radius 3 is 2.62 bits per heavy atom. The van der Waals surface area contributed by atoms with Crippen LogP contribution >= 0.6 is 0 Å². The summed E-state index contributed by atoms with van der Waals surface area (Å²) in [7, 11) is 3.95. The molecule has 0 aliphatic heterocycles. The van der Waals surface area contributed by atoms with Gasteiger partial charge in [0.15, 0.2) is 5.82 Å². The van der Waals surface area contributed by atoms with Crippen molar-refractivity contribution in [2.45, 2.75) is 84.2 Å². The van der Waals surface area contributed by atoms with Crippen LogP contribution in [0.5, 0.6) is 0 Å². The van der Waals surface area contributed by atoms with Gasteiger partial charge in [-0.1, -0.05) is 25.1 Å². The number of amides is 1. The Labute approximate surface area is 250 Å². The number of hydrogen-bond donors (Lipinski definition) is 3. The van der Waals surface area contributed by atoms with E-state index in [-0.39, 0.29) is 17.7 Å². The molecule has 42 heavy (non-hydrogen) atoms. The van der Waals surface area contributed by atoms with Gasteiger partial charge < -0.3 is 30.6 Å². The lowest BCUT2D eigenvalue weighted by Gasteiger charge is -2.17. The van der Waals surface area contributed by atoms with Crippen molar-refractivity contribution < 1.29 is 14.3 Å². The molecule has 0 radical (unpaired) electrons. The Balaban J connectivity index is 1.29. The summed E-state index contributed by atoms with van der Waals surface area (Å²) in [4.78, 5) is 35.2. The van der Waals surface area contributed by atoms with E-state index in [1.54, 1.807) is 14.0 Å². The number of para-hydroxylation sites is 1. The number of benzene rings is 1. The molecule has 1 atom stereocenters. The number of aryl methyl sites for hydroxylation is 2. The lowest BCUT2D eigenvalue weighted by molar-refractivity contribution is -0.122. The van der Waals surface area contributed by atoms with E-state index in [4.69, 9.17) is 15.5 Å². The third-order valence-electron chi connectivity index (χ3n) is 7.72. The molecule has 0 saturated carbocycles. The summed E-state index contributed by atoms with van der Waals surface area (Å²) in [6.07, 6.45) is 7.98. The zero-order chi connectivity index (χ0) is 30.3. The van der Waals surface area contributed by atoms with E-state index in [1.165, 1.54) is 0 Å². The predicted molar refractivity (Wildman–Crippen MR) is 171 cm³/mol. The molecule has 232 valence electrons. The Kier molecular flexibility index (Phi) is 14.1. The number of carbonyl (C=O) groups excluding carboxylic acids is 2. The van der Waals surface area contributed by atoms with Crippen molar-refractivity contribution in [2.24, 2.45) is 0 Å². The fourth-order valence-corrected chi connectivity index (χ4v) is 5.37. The second-order valence-corrected chi connectivity index (χ2v) is 11.2. The summed E-state index contributed by atoms with van der Waals surface area (Å²) in [5.41, 5.74) is 9.13. The number of aromatic nitrogens is 3. The van der Waals surface area contributed by atoms with Crippen molar-refractivity contribution in [3.05, 3.63) is 30.1 Å². The minimum Gasteiger partial charge on any atom is -0.382 e. The Bertz CT molecular complexity index is 1280. The van der Waals surface area contributed by atoms with Crippen molar-refractivity contribution >= 4 is 39.4 Å². The number of nitrogens with two attached hydrogens (primary N) is 1. The number of rotatable bonds is 21. The van der Waals surface area contributed by atoms with Gasteiger partial charge in [-0.25, -0.2) is 9.97 Å². The largest absolute Gasteiger partial charge is 0.382 e. The number of ether oxygens (including phenoxy) is 1. The van der Waals surface area contributed by atoms with Gasteiger partial charge in [0, 0.05) is 44.5 Å². The lowest BCUT2D eigenvalue weighted by Crippen LogP contribution is -2.32. The van der Waals surface area contributed by atoms with E-state index in [2.05, 4.69) is 45.1 Å². The molecule has 2 heterocycles. The van der Waals surface area contributed by atoms with Crippen LogP contribution < -0.4 is 16.4 Å². The number of pyridine rings is 1. The first-order chi connectivity index (χ1) is 20.3. The number of ketones is 1. The van der Waals surface area contributed by atoms with Crippen LogP contribution in [0.3, 0.4) is 0 Å². The molecule has 3 rings (SSSR count). The summed E-state index contributed by atoms with van der Waals surface area (Å²) in [6.45, 7) is 8.40. The average Bonchev–Trinajstić information content (AvgIpc) is 3.33. The molecule has 10 nitrogen and oxygen atoms in total.